The van der Waals surface area contributed by atoms with E-state index in [1.807, 2.05) is 0 Å². The van der Waals surface area contributed by atoms with Gasteiger partial charge in [0.05, 0.1) is 0 Å². The molecule has 0 aromatic rings. The van der Waals surface area contributed by atoms with Gasteiger partial charge in [-0.2, -0.15) is 0 Å². The minimum Gasteiger partial charge on any atom is -0.0882 e. The number of hydrogen-bond donors (Lipinski definition) is 0. The summed E-state index contributed by atoms with van der Waals surface area (Å²) in [6.07, 6.45) is 22.4. The average molecular weight is 333 g/mol. The van der Waals surface area contributed by atoms with Crippen molar-refractivity contribution in [3.05, 3.63) is 12.2 Å². The standard InChI is InChI=1S/C24H44/c1-19-8-7-10-23(16-14-19)18-21(3)13-12-20(2)15-17-24-11-6-5-9-22(24)4/h5,9,19-24H,6-8,10-18H2,1-4H3/t19?,20-,21+,22?,23?,24?/m1/s1. The predicted molar refractivity (Wildman–Crippen MR) is 108 cm³/mol. The highest BCUT2D eigenvalue weighted by atomic mass is 14.3. The first-order valence-corrected chi connectivity index (χ1v) is 11.2. The summed E-state index contributed by atoms with van der Waals surface area (Å²) in [6, 6.07) is 0. The molecule has 2 aliphatic rings. The molecule has 4 unspecified atom stereocenters. The minimum absolute atomic E-state index is 0.822. The van der Waals surface area contributed by atoms with Gasteiger partial charge in [-0.25, -0.2) is 0 Å². The Hall–Kier alpha value is -0.260. The maximum absolute atomic E-state index is 2.52. The molecule has 2 aliphatic carbocycles. The molecule has 140 valence electrons. The number of rotatable bonds is 8. The second-order valence-corrected chi connectivity index (χ2v) is 9.70. The molecule has 0 spiro atoms. The molecule has 0 bridgehead atoms. The molecule has 24 heavy (non-hydrogen) atoms. The molecule has 0 N–H and O–H groups in total. The fourth-order valence-corrected chi connectivity index (χ4v) is 5.15. The van der Waals surface area contributed by atoms with Crippen molar-refractivity contribution in [1.29, 1.82) is 0 Å². The van der Waals surface area contributed by atoms with Crippen LogP contribution in [0.5, 0.6) is 0 Å². The summed E-state index contributed by atoms with van der Waals surface area (Å²) >= 11 is 0. The van der Waals surface area contributed by atoms with Crippen molar-refractivity contribution in [3.8, 4) is 0 Å². The molecule has 0 aromatic heterocycles. The highest BCUT2D eigenvalue weighted by Gasteiger charge is 2.20. The van der Waals surface area contributed by atoms with Gasteiger partial charge < -0.3 is 0 Å². The Morgan fingerprint density at radius 3 is 2.46 bits per heavy atom. The Labute approximate surface area is 152 Å². The third-order valence-corrected chi connectivity index (χ3v) is 7.18. The van der Waals surface area contributed by atoms with E-state index in [0.29, 0.717) is 0 Å². The topological polar surface area (TPSA) is 0 Å². The number of hydrogen-bond acceptors (Lipinski definition) is 0. The van der Waals surface area contributed by atoms with Gasteiger partial charge in [0.25, 0.3) is 0 Å². The highest BCUT2D eigenvalue weighted by Crippen LogP contribution is 2.33. The van der Waals surface area contributed by atoms with Gasteiger partial charge in [-0.1, -0.05) is 91.2 Å². The van der Waals surface area contributed by atoms with Crippen LogP contribution in [0.4, 0.5) is 0 Å². The van der Waals surface area contributed by atoms with Crippen LogP contribution in [0, 0.1) is 35.5 Å². The van der Waals surface area contributed by atoms with Crippen molar-refractivity contribution < 1.29 is 0 Å². The van der Waals surface area contributed by atoms with Crippen LogP contribution in [0.25, 0.3) is 0 Å². The Kier molecular flexibility index (Phi) is 8.92. The van der Waals surface area contributed by atoms with E-state index in [1.54, 1.807) is 0 Å². The van der Waals surface area contributed by atoms with Gasteiger partial charge in [0.15, 0.2) is 0 Å². The Balaban J connectivity index is 1.58. The van der Waals surface area contributed by atoms with E-state index in [9.17, 15) is 0 Å². The monoisotopic (exact) mass is 332 g/mol. The molecular weight excluding hydrogens is 288 g/mol. The molecule has 0 heteroatoms. The molecule has 0 radical (unpaired) electrons. The van der Waals surface area contributed by atoms with Gasteiger partial charge in [0, 0.05) is 0 Å². The lowest BCUT2D eigenvalue weighted by molar-refractivity contribution is 0.291. The van der Waals surface area contributed by atoms with E-state index < -0.39 is 0 Å². The van der Waals surface area contributed by atoms with Crippen molar-refractivity contribution in [1.82, 2.24) is 0 Å². The lowest BCUT2D eigenvalue weighted by Crippen LogP contribution is -2.14. The van der Waals surface area contributed by atoms with Gasteiger partial charge in [0.2, 0.25) is 0 Å². The quantitative estimate of drug-likeness (QED) is 0.312. The summed E-state index contributed by atoms with van der Waals surface area (Å²) in [5.41, 5.74) is 0. The third kappa shape index (κ3) is 7.32. The molecule has 1 saturated carbocycles. The molecule has 2 rings (SSSR count). The molecule has 0 saturated heterocycles. The largest absolute Gasteiger partial charge is 0.0882 e. The summed E-state index contributed by atoms with van der Waals surface area (Å²) in [4.78, 5) is 0. The highest BCUT2D eigenvalue weighted by molar-refractivity contribution is 4.95. The summed E-state index contributed by atoms with van der Waals surface area (Å²) in [5, 5.41) is 0. The second-order valence-electron chi connectivity index (χ2n) is 9.70. The second kappa shape index (κ2) is 10.7. The van der Waals surface area contributed by atoms with Crippen LogP contribution in [0.2, 0.25) is 0 Å². The van der Waals surface area contributed by atoms with Crippen LogP contribution < -0.4 is 0 Å². The van der Waals surface area contributed by atoms with E-state index in [2.05, 4.69) is 39.8 Å². The lowest BCUT2D eigenvalue weighted by Gasteiger charge is -2.26. The van der Waals surface area contributed by atoms with Crippen LogP contribution in [-0.2, 0) is 0 Å². The minimum atomic E-state index is 0.822. The first kappa shape index (κ1) is 20.1. The summed E-state index contributed by atoms with van der Waals surface area (Å²) in [5.74, 6) is 5.69. The van der Waals surface area contributed by atoms with E-state index >= 15 is 0 Å². The van der Waals surface area contributed by atoms with Gasteiger partial charge in [-0.15, -0.1) is 0 Å². The number of allylic oxidation sites excluding steroid dienone is 2. The van der Waals surface area contributed by atoms with Crippen LogP contribution >= 0.6 is 0 Å². The Bertz CT molecular complexity index is 355. The van der Waals surface area contributed by atoms with Gasteiger partial charge >= 0.3 is 0 Å². The predicted octanol–water partition coefficient (Wildman–Crippen LogP) is 8.03. The van der Waals surface area contributed by atoms with Crippen LogP contribution in [0.15, 0.2) is 12.2 Å². The maximum Gasteiger partial charge on any atom is -0.0233 e. The summed E-state index contributed by atoms with van der Waals surface area (Å²) < 4.78 is 0. The van der Waals surface area contributed by atoms with E-state index in [0.717, 1.165) is 35.5 Å². The fourth-order valence-electron chi connectivity index (χ4n) is 5.15. The Morgan fingerprint density at radius 2 is 1.67 bits per heavy atom. The molecule has 0 nitrogen and oxygen atoms in total. The van der Waals surface area contributed by atoms with Gasteiger partial charge in [-0.3, -0.25) is 0 Å². The fraction of sp³-hybridized carbons (Fsp3) is 0.917. The van der Waals surface area contributed by atoms with Crippen LogP contribution in [0.3, 0.4) is 0 Å². The van der Waals surface area contributed by atoms with Crippen molar-refractivity contribution >= 4 is 0 Å². The van der Waals surface area contributed by atoms with Crippen molar-refractivity contribution in [3.63, 3.8) is 0 Å². The first-order valence-electron chi connectivity index (χ1n) is 11.2. The van der Waals surface area contributed by atoms with Crippen molar-refractivity contribution in [2.45, 2.75) is 105 Å². The van der Waals surface area contributed by atoms with E-state index in [1.165, 1.54) is 77.0 Å². The van der Waals surface area contributed by atoms with E-state index in [-0.39, 0.29) is 0 Å². The molecule has 0 aliphatic heterocycles. The molecule has 0 heterocycles. The van der Waals surface area contributed by atoms with Crippen molar-refractivity contribution in [2.24, 2.45) is 35.5 Å². The molecular formula is C24H44. The summed E-state index contributed by atoms with van der Waals surface area (Å²) in [6.45, 7) is 9.90. The lowest BCUT2D eigenvalue weighted by atomic mass is 9.80. The van der Waals surface area contributed by atoms with Crippen molar-refractivity contribution in [2.75, 3.05) is 0 Å². The molecule has 1 fully saturated rings. The van der Waals surface area contributed by atoms with E-state index in [4.69, 9.17) is 0 Å². The average Bonchev–Trinajstić information content (AvgIpc) is 2.77. The molecule has 0 aromatic carbocycles. The maximum atomic E-state index is 2.52. The zero-order valence-corrected chi connectivity index (χ0v) is 17.1. The molecule has 6 atom stereocenters. The van der Waals surface area contributed by atoms with Gasteiger partial charge in [0.1, 0.15) is 0 Å². The molecule has 0 amide bonds. The summed E-state index contributed by atoms with van der Waals surface area (Å²) in [7, 11) is 0. The third-order valence-electron chi connectivity index (χ3n) is 7.18. The van der Waals surface area contributed by atoms with Crippen LogP contribution in [-0.4, -0.2) is 0 Å². The smallest absolute Gasteiger partial charge is 0.0233 e. The zero-order valence-electron chi connectivity index (χ0n) is 17.1. The SMILES string of the molecule is CC1CCCC(C[C@@H](C)CC[C@@H](C)CCC2CCC=CC2C)CC1. The normalized spacial score (nSPS) is 33.8. The first-order chi connectivity index (χ1) is 11.5. The zero-order chi connectivity index (χ0) is 17.4. The Morgan fingerprint density at radius 1 is 0.875 bits per heavy atom. The van der Waals surface area contributed by atoms with Gasteiger partial charge in [-0.05, 0) is 61.2 Å². The van der Waals surface area contributed by atoms with Crippen LogP contribution in [0.1, 0.15) is 105 Å².